The van der Waals surface area contributed by atoms with Crippen molar-refractivity contribution in [1.82, 2.24) is 25.1 Å². The van der Waals surface area contributed by atoms with E-state index < -0.39 is 0 Å². The highest BCUT2D eigenvalue weighted by molar-refractivity contribution is 5.94. The van der Waals surface area contributed by atoms with Crippen LogP contribution < -0.4 is 5.32 Å². The van der Waals surface area contributed by atoms with E-state index in [4.69, 9.17) is 4.74 Å². The zero-order valence-corrected chi connectivity index (χ0v) is 14.0. The van der Waals surface area contributed by atoms with Crippen LogP contribution in [0.2, 0.25) is 0 Å². The zero-order valence-electron chi connectivity index (χ0n) is 14.0. The number of aromatic nitrogens is 4. The van der Waals surface area contributed by atoms with Crippen LogP contribution in [0.1, 0.15) is 47.0 Å². The average molecular weight is 317 g/mol. The molecular weight excluding hydrogens is 294 g/mol. The molecule has 1 atom stereocenters. The number of aryl methyl sites for hydroxylation is 3. The van der Waals surface area contributed by atoms with Crippen molar-refractivity contribution in [1.29, 1.82) is 0 Å². The molecule has 0 fully saturated rings. The topological polar surface area (TPSA) is 81.9 Å². The second-order valence-electron chi connectivity index (χ2n) is 5.56. The number of pyridine rings is 1. The first-order chi connectivity index (χ1) is 11.0. The van der Waals surface area contributed by atoms with Crippen LogP contribution in [0, 0.1) is 13.8 Å². The van der Waals surface area contributed by atoms with Crippen LogP contribution in [0.3, 0.4) is 0 Å². The van der Waals surface area contributed by atoms with Gasteiger partial charge in [0.25, 0.3) is 5.91 Å². The number of amides is 1. The number of hydrogen-bond donors (Lipinski definition) is 1. The lowest BCUT2D eigenvalue weighted by Crippen LogP contribution is -2.29. The number of hydrogen-bond acceptors (Lipinski definition) is 5. The van der Waals surface area contributed by atoms with Crippen LogP contribution in [-0.4, -0.2) is 39.4 Å². The number of nitrogens with zero attached hydrogens (tertiary/aromatic N) is 4. The predicted octanol–water partition coefficient (Wildman–Crippen LogP) is 1.82. The predicted molar refractivity (Wildman–Crippen MR) is 86.1 cm³/mol. The van der Waals surface area contributed by atoms with Gasteiger partial charge < -0.3 is 14.6 Å². The molecule has 0 unspecified atom stereocenters. The largest absolute Gasteiger partial charge is 0.385 e. The lowest BCUT2D eigenvalue weighted by molar-refractivity contribution is 0.0937. The minimum absolute atomic E-state index is 0.141. The fourth-order valence-electron chi connectivity index (χ4n) is 2.46. The Hall–Kier alpha value is -2.28. The molecule has 0 bridgehead atoms. The summed E-state index contributed by atoms with van der Waals surface area (Å²) in [6.07, 6.45) is 2.54. The number of carbonyl (C=O) groups is 1. The Bertz CT molecular complexity index is 648. The Morgan fingerprint density at radius 2 is 2.04 bits per heavy atom. The van der Waals surface area contributed by atoms with Crippen LogP contribution >= 0.6 is 0 Å². The highest BCUT2D eigenvalue weighted by Crippen LogP contribution is 2.12. The monoisotopic (exact) mass is 317 g/mol. The molecule has 2 heterocycles. The molecule has 1 N–H and O–H groups in total. The van der Waals surface area contributed by atoms with Gasteiger partial charge in [0.15, 0.2) is 5.82 Å². The molecule has 7 nitrogen and oxygen atoms in total. The zero-order chi connectivity index (χ0) is 16.8. The van der Waals surface area contributed by atoms with Crippen molar-refractivity contribution in [2.45, 2.75) is 39.8 Å². The third kappa shape index (κ3) is 4.59. The highest BCUT2D eigenvalue weighted by atomic mass is 16.5. The lowest BCUT2D eigenvalue weighted by atomic mass is 10.1. The molecule has 0 aliphatic heterocycles. The molecule has 124 valence electrons. The van der Waals surface area contributed by atoms with Crippen LogP contribution in [0.25, 0.3) is 0 Å². The van der Waals surface area contributed by atoms with E-state index in [0.717, 1.165) is 30.2 Å². The summed E-state index contributed by atoms with van der Waals surface area (Å²) in [7, 11) is 1.68. The molecule has 2 aromatic heterocycles. The van der Waals surface area contributed by atoms with Crippen molar-refractivity contribution in [2.75, 3.05) is 13.7 Å². The molecule has 0 aromatic carbocycles. The highest BCUT2D eigenvalue weighted by Gasteiger charge is 2.17. The minimum Gasteiger partial charge on any atom is -0.385 e. The van der Waals surface area contributed by atoms with Gasteiger partial charge in [-0.2, -0.15) is 0 Å². The molecule has 23 heavy (non-hydrogen) atoms. The first-order valence-corrected chi connectivity index (χ1v) is 7.64. The van der Waals surface area contributed by atoms with Crippen molar-refractivity contribution >= 4 is 5.91 Å². The average Bonchev–Trinajstić information content (AvgIpc) is 2.95. The number of nitrogens with one attached hydrogen (secondary N) is 1. The molecule has 0 saturated heterocycles. The summed E-state index contributed by atoms with van der Waals surface area (Å²) in [6.45, 7) is 7.08. The maximum atomic E-state index is 12.4. The standard InChI is InChI=1S/C16H23N5O2/c1-11-8-14(9-12(2)18-11)16(22)19-13(3)15-20-17-10-21(15)6-5-7-23-4/h8-10,13H,5-7H2,1-4H3,(H,19,22)/t13-/m0/s1. The number of ether oxygens (including phenoxy) is 1. The normalized spacial score (nSPS) is 12.2. The number of carbonyl (C=O) groups excluding carboxylic acids is 1. The maximum absolute atomic E-state index is 12.4. The molecule has 7 heteroatoms. The first kappa shape index (κ1) is 17.1. The molecule has 0 aliphatic carbocycles. The second-order valence-corrected chi connectivity index (χ2v) is 5.56. The van der Waals surface area contributed by atoms with Gasteiger partial charge in [-0.15, -0.1) is 10.2 Å². The van der Waals surface area contributed by atoms with Gasteiger partial charge in [-0.25, -0.2) is 0 Å². The number of methoxy groups -OCH3 is 1. The van der Waals surface area contributed by atoms with Gasteiger partial charge in [-0.1, -0.05) is 0 Å². The maximum Gasteiger partial charge on any atom is 0.251 e. The van der Waals surface area contributed by atoms with Gasteiger partial charge in [-0.05, 0) is 39.3 Å². The molecule has 2 rings (SSSR count). The molecule has 0 aliphatic rings. The summed E-state index contributed by atoms with van der Waals surface area (Å²) < 4.78 is 6.99. The minimum atomic E-state index is -0.235. The summed E-state index contributed by atoms with van der Waals surface area (Å²) in [5.74, 6) is 0.592. The summed E-state index contributed by atoms with van der Waals surface area (Å²) in [5.41, 5.74) is 2.25. The van der Waals surface area contributed by atoms with E-state index in [0.29, 0.717) is 12.2 Å². The summed E-state index contributed by atoms with van der Waals surface area (Å²) in [5, 5.41) is 11.0. The molecular formula is C16H23N5O2. The SMILES string of the molecule is COCCCn1cnnc1[C@H](C)NC(=O)c1cc(C)nc(C)c1. The number of rotatable bonds is 7. The van der Waals surface area contributed by atoms with E-state index in [1.165, 1.54) is 0 Å². The Balaban J connectivity index is 2.05. The second kappa shape index (κ2) is 7.82. The van der Waals surface area contributed by atoms with Crippen molar-refractivity contribution in [2.24, 2.45) is 0 Å². The molecule has 0 saturated carbocycles. The van der Waals surface area contributed by atoms with E-state index >= 15 is 0 Å². The Kier molecular flexibility index (Phi) is 5.81. The van der Waals surface area contributed by atoms with E-state index in [-0.39, 0.29) is 11.9 Å². The van der Waals surface area contributed by atoms with Gasteiger partial charge in [-0.3, -0.25) is 9.78 Å². The van der Waals surface area contributed by atoms with Crippen LogP contribution in [-0.2, 0) is 11.3 Å². The summed E-state index contributed by atoms with van der Waals surface area (Å²) in [6, 6.07) is 3.32. The smallest absolute Gasteiger partial charge is 0.251 e. The molecule has 1 amide bonds. The van der Waals surface area contributed by atoms with Gasteiger partial charge in [0, 0.05) is 37.2 Å². The molecule has 2 aromatic rings. The molecule has 0 radical (unpaired) electrons. The quantitative estimate of drug-likeness (QED) is 0.788. The van der Waals surface area contributed by atoms with E-state index in [2.05, 4.69) is 20.5 Å². The van der Waals surface area contributed by atoms with Crippen molar-refractivity contribution in [3.8, 4) is 0 Å². The fraction of sp³-hybridized carbons (Fsp3) is 0.500. The van der Waals surface area contributed by atoms with Crippen molar-refractivity contribution in [3.63, 3.8) is 0 Å². The van der Waals surface area contributed by atoms with Crippen LogP contribution in [0.15, 0.2) is 18.5 Å². The fourth-order valence-corrected chi connectivity index (χ4v) is 2.46. The van der Waals surface area contributed by atoms with Gasteiger partial charge >= 0.3 is 0 Å². The Morgan fingerprint density at radius 3 is 2.70 bits per heavy atom. The van der Waals surface area contributed by atoms with Crippen LogP contribution in [0.4, 0.5) is 0 Å². The van der Waals surface area contributed by atoms with Gasteiger partial charge in [0.1, 0.15) is 6.33 Å². The first-order valence-electron chi connectivity index (χ1n) is 7.64. The van der Waals surface area contributed by atoms with Gasteiger partial charge in [0.2, 0.25) is 0 Å². The Labute approximate surface area is 136 Å². The third-order valence-electron chi connectivity index (χ3n) is 3.47. The summed E-state index contributed by atoms with van der Waals surface area (Å²) in [4.78, 5) is 16.7. The van der Waals surface area contributed by atoms with E-state index in [1.807, 2.05) is 25.3 Å². The van der Waals surface area contributed by atoms with Crippen molar-refractivity contribution in [3.05, 3.63) is 41.2 Å². The summed E-state index contributed by atoms with van der Waals surface area (Å²) >= 11 is 0. The van der Waals surface area contributed by atoms with Gasteiger partial charge in [0.05, 0.1) is 6.04 Å². The lowest BCUT2D eigenvalue weighted by Gasteiger charge is -2.15. The van der Waals surface area contributed by atoms with Crippen molar-refractivity contribution < 1.29 is 9.53 Å². The van der Waals surface area contributed by atoms with E-state index in [1.54, 1.807) is 25.6 Å². The third-order valence-corrected chi connectivity index (χ3v) is 3.47. The Morgan fingerprint density at radius 1 is 1.35 bits per heavy atom. The van der Waals surface area contributed by atoms with E-state index in [9.17, 15) is 4.79 Å². The molecule has 0 spiro atoms. The van der Waals surface area contributed by atoms with Crippen LogP contribution in [0.5, 0.6) is 0 Å².